The zero-order chi connectivity index (χ0) is 36.9. The zero-order valence-corrected chi connectivity index (χ0v) is 26.8. The Morgan fingerprint density at radius 1 is 0.667 bits per heavy atom. The Bertz CT molecular complexity index is 1570. The van der Waals surface area contributed by atoms with Gasteiger partial charge in [-0.2, -0.15) is 0 Å². The van der Waals surface area contributed by atoms with Gasteiger partial charge in [0.05, 0.1) is 24.9 Å². The van der Waals surface area contributed by atoms with E-state index in [0.717, 1.165) is 12.1 Å². The number of ether oxygens (including phenoxy) is 7. The van der Waals surface area contributed by atoms with E-state index in [4.69, 9.17) is 33.2 Å². The van der Waals surface area contributed by atoms with Crippen molar-refractivity contribution in [2.75, 3.05) is 13.2 Å². The molecule has 51 heavy (non-hydrogen) atoms. The average molecular weight is 729 g/mol. The lowest BCUT2D eigenvalue weighted by Crippen LogP contribution is -2.61. The molecule has 12 N–H and O–H groups in total. The van der Waals surface area contributed by atoms with Crippen LogP contribution in [0.5, 0.6) is 28.7 Å². The molecule has 0 amide bonds. The molecule has 4 aliphatic rings. The number of hydrogen-bond donors (Lipinski definition) is 12. The van der Waals surface area contributed by atoms with Crippen molar-refractivity contribution in [2.24, 2.45) is 0 Å². The maximum atomic E-state index is 10.8. The zero-order valence-electron chi connectivity index (χ0n) is 26.8. The number of benzene rings is 2. The van der Waals surface area contributed by atoms with Crippen LogP contribution in [-0.2, 0) is 28.4 Å². The first kappa shape index (κ1) is 37.2. The van der Waals surface area contributed by atoms with E-state index in [-0.39, 0.29) is 28.4 Å². The molecule has 6 rings (SSSR count). The van der Waals surface area contributed by atoms with Crippen molar-refractivity contribution >= 4 is 6.08 Å². The Labute approximate surface area is 288 Å². The summed E-state index contributed by atoms with van der Waals surface area (Å²) in [5, 5.41) is 124. The van der Waals surface area contributed by atoms with Gasteiger partial charge in [-0.15, -0.1) is 0 Å². The first-order valence-electron chi connectivity index (χ1n) is 15.9. The number of aromatic hydroxyl groups is 4. The molecule has 0 aromatic heterocycles. The topological polar surface area (TPSA) is 307 Å². The van der Waals surface area contributed by atoms with E-state index < -0.39 is 123 Å². The van der Waals surface area contributed by atoms with E-state index in [1.807, 2.05) is 0 Å². The quantitative estimate of drug-likeness (QED) is 0.115. The van der Waals surface area contributed by atoms with Crippen molar-refractivity contribution in [3.63, 3.8) is 0 Å². The van der Waals surface area contributed by atoms with Crippen LogP contribution >= 0.6 is 0 Å². The standard InChI is InChI=1S/C32H40O19/c1-10-28(51-32-25(42)21(38)19(8-33)49-32)24(41)27(44)30(46-10)45-9-20-22(39)23(40)26(43)31(50-20)48-18-7-13-15(36)5-12(34)6-17(13)47-29(18)11-2-3-14(35)16(37)4-11/h2-7,10,19-44H,8-9H2,1H3. The second-order valence-electron chi connectivity index (χ2n) is 12.6. The second-order valence-corrected chi connectivity index (χ2v) is 12.6. The van der Waals surface area contributed by atoms with Crippen LogP contribution in [0.3, 0.4) is 0 Å². The lowest BCUT2D eigenvalue weighted by Gasteiger charge is -2.44. The fourth-order valence-electron chi connectivity index (χ4n) is 6.21. The van der Waals surface area contributed by atoms with E-state index in [1.54, 1.807) is 0 Å². The van der Waals surface area contributed by atoms with Gasteiger partial charge in [-0.3, -0.25) is 0 Å². The highest BCUT2D eigenvalue weighted by Gasteiger charge is 2.51. The van der Waals surface area contributed by atoms with E-state index in [0.29, 0.717) is 0 Å². The molecule has 0 bridgehead atoms. The van der Waals surface area contributed by atoms with E-state index in [9.17, 15) is 61.3 Å². The second kappa shape index (κ2) is 14.8. The number of rotatable bonds is 9. The molecule has 0 radical (unpaired) electrons. The summed E-state index contributed by atoms with van der Waals surface area (Å²) < 4.78 is 39.8. The number of phenolic OH excluding ortho intramolecular Hbond substituents is 4. The number of fused-ring (bicyclic) bond motifs is 1. The van der Waals surface area contributed by atoms with Crippen molar-refractivity contribution in [1.29, 1.82) is 0 Å². The average Bonchev–Trinajstić information content (AvgIpc) is 3.37. The minimum Gasteiger partial charge on any atom is -0.508 e. The number of phenols is 4. The Morgan fingerprint density at radius 2 is 1.33 bits per heavy atom. The molecule has 15 unspecified atom stereocenters. The van der Waals surface area contributed by atoms with Gasteiger partial charge in [0.15, 0.2) is 30.2 Å². The minimum atomic E-state index is -1.87. The van der Waals surface area contributed by atoms with Gasteiger partial charge >= 0.3 is 0 Å². The maximum absolute atomic E-state index is 10.8. The monoisotopic (exact) mass is 728 g/mol. The van der Waals surface area contributed by atoms with Crippen molar-refractivity contribution < 1.29 is 94.4 Å². The first-order chi connectivity index (χ1) is 24.2. The van der Waals surface area contributed by atoms with Gasteiger partial charge < -0.3 is 94.4 Å². The third-order valence-electron chi connectivity index (χ3n) is 9.11. The Morgan fingerprint density at radius 3 is 2.02 bits per heavy atom. The third-order valence-corrected chi connectivity index (χ3v) is 9.11. The van der Waals surface area contributed by atoms with E-state index >= 15 is 0 Å². The van der Waals surface area contributed by atoms with E-state index in [2.05, 4.69) is 0 Å². The summed E-state index contributed by atoms with van der Waals surface area (Å²) >= 11 is 0. The lowest BCUT2D eigenvalue weighted by atomic mass is 9.98. The summed E-state index contributed by atoms with van der Waals surface area (Å²) in [5.74, 6) is -1.79. The molecule has 3 fully saturated rings. The van der Waals surface area contributed by atoms with Crippen LogP contribution in [0, 0.1) is 0 Å². The number of hydrogen-bond acceptors (Lipinski definition) is 19. The largest absolute Gasteiger partial charge is 0.508 e. The van der Waals surface area contributed by atoms with Crippen molar-refractivity contribution in [2.45, 2.75) is 99.0 Å². The smallest absolute Gasteiger partial charge is 0.228 e. The Kier molecular flexibility index (Phi) is 10.8. The molecule has 0 spiro atoms. The van der Waals surface area contributed by atoms with Crippen LogP contribution in [-0.4, -0.2) is 161 Å². The Hall–Kier alpha value is -3.54. The van der Waals surface area contributed by atoms with Crippen molar-refractivity contribution in [3.05, 3.63) is 47.2 Å². The molecule has 282 valence electrons. The summed E-state index contributed by atoms with van der Waals surface area (Å²) in [6, 6.07) is 5.98. The summed E-state index contributed by atoms with van der Waals surface area (Å²) in [6.07, 6.45) is -21.5. The molecular weight excluding hydrogens is 688 g/mol. The van der Waals surface area contributed by atoms with Gasteiger partial charge in [0, 0.05) is 17.7 Å². The van der Waals surface area contributed by atoms with Gasteiger partial charge in [0.25, 0.3) is 0 Å². The molecule has 2 aromatic carbocycles. The molecule has 19 nitrogen and oxygen atoms in total. The highest BCUT2D eigenvalue weighted by molar-refractivity contribution is 5.69. The molecule has 19 heteroatoms. The molecule has 2 aromatic rings. The molecule has 4 heterocycles. The molecular formula is C32H40O19. The lowest BCUT2D eigenvalue weighted by molar-refractivity contribution is -0.338. The predicted molar refractivity (Wildman–Crippen MR) is 164 cm³/mol. The highest BCUT2D eigenvalue weighted by atomic mass is 16.8. The SMILES string of the molecule is CC1OC(OCC2OC(OC3=Cc4c(O)cc(O)cc4OC3c3ccc(O)c(O)c3)C(O)C(O)C2O)C(O)C(O)C1OC1OC(CO)C(O)C1O. The summed E-state index contributed by atoms with van der Waals surface area (Å²) in [4.78, 5) is 0. The van der Waals surface area contributed by atoms with Gasteiger partial charge in [-0.1, -0.05) is 6.07 Å². The molecule has 4 aliphatic heterocycles. The summed E-state index contributed by atoms with van der Waals surface area (Å²) in [7, 11) is 0. The van der Waals surface area contributed by atoms with Crippen LogP contribution in [0.2, 0.25) is 0 Å². The van der Waals surface area contributed by atoms with Crippen LogP contribution in [0.15, 0.2) is 36.1 Å². The van der Waals surface area contributed by atoms with Crippen molar-refractivity contribution in [1.82, 2.24) is 0 Å². The van der Waals surface area contributed by atoms with Gasteiger partial charge in [-0.05, 0) is 25.1 Å². The molecule has 0 aliphatic carbocycles. The fourth-order valence-corrected chi connectivity index (χ4v) is 6.21. The van der Waals surface area contributed by atoms with Crippen LogP contribution in [0.1, 0.15) is 24.2 Å². The molecule has 0 saturated carbocycles. The number of aliphatic hydroxyl groups excluding tert-OH is 8. The summed E-state index contributed by atoms with van der Waals surface area (Å²) in [6.45, 7) is 0.245. The van der Waals surface area contributed by atoms with Crippen LogP contribution in [0.25, 0.3) is 6.08 Å². The van der Waals surface area contributed by atoms with E-state index in [1.165, 1.54) is 31.2 Å². The number of aliphatic hydroxyl groups is 8. The Balaban J connectivity index is 1.15. The van der Waals surface area contributed by atoms with Crippen LogP contribution < -0.4 is 4.74 Å². The van der Waals surface area contributed by atoms with Gasteiger partial charge in [0.2, 0.25) is 6.29 Å². The predicted octanol–water partition coefficient (Wildman–Crippen LogP) is -2.88. The van der Waals surface area contributed by atoms with Gasteiger partial charge in [-0.25, -0.2) is 0 Å². The van der Waals surface area contributed by atoms with Gasteiger partial charge in [0.1, 0.15) is 84.0 Å². The van der Waals surface area contributed by atoms with Crippen LogP contribution in [0.4, 0.5) is 0 Å². The highest BCUT2D eigenvalue weighted by Crippen LogP contribution is 2.45. The molecule has 3 saturated heterocycles. The molecule has 15 atom stereocenters. The summed E-state index contributed by atoms with van der Waals surface area (Å²) in [5.41, 5.74) is 0.275. The first-order valence-corrected chi connectivity index (χ1v) is 15.9. The normalized spacial score (nSPS) is 39.5. The third kappa shape index (κ3) is 7.26. The minimum absolute atomic E-state index is 0.0123. The fraction of sp³-hybridized carbons (Fsp3) is 0.562. The van der Waals surface area contributed by atoms with Crippen molar-refractivity contribution in [3.8, 4) is 28.7 Å². The maximum Gasteiger partial charge on any atom is 0.228 e.